The number of nitrogens with one attached hydrogen (secondary N) is 2. The number of amides is 2. The Kier molecular flexibility index (Phi) is 6.26. The van der Waals surface area contributed by atoms with Crippen molar-refractivity contribution in [1.82, 2.24) is 10.6 Å². The van der Waals surface area contributed by atoms with Gasteiger partial charge in [0.25, 0.3) is 5.91 Å². The molecule has 1 unspecified atom stereocenters. The smallest absolute Gasteiger partial charge is 0.344 e. The monoisotopic (exact) mass is 407 g/mol. The zero-order valence-electron chi connectivity index (χ0n) is 16.1. The number of fused-ring (bicyclic) bond motifs is 1. The molecule has 0 fully saturated rings. The standard InChI is InChI=1S/C22H20N2O6/c1-13(20(27)23-10-9-19(25)26)24-21(28)16-7-4-6-14(11-16)17-12-15-5-2-3-8-18(15)30-22(17)29/h2-8,11-13H,9-10H2,1H3,(H,23,27)(H,24,28)(H,25,26)/p-1. The molecule has 1 heterocycles. The fourth-order valence-electron chi connectivity index (χ4n) is 2.88. The Morgan fingerprint density at radius 3 is 2.60 bits per heavy atom. The quantitative estimate of drug-likeness (QED) is 0.559. The number of carboxylic acids is 1. The van der Waals surface area contributed by atoms with Crippen LogP contribution in [0.15, 0.2) is 63.8 Å². The minimum Gasteiger partial charge on any atom is -0.550 e. The number of benzene rings is 2. The van der Waals surface area contributed by atoms with Gasteiger partial charge in [-0.15, -0.1) is 0 Å². The highest BCUT2D eigenvalue weighted by Gasteiger charge is 2.17. The highest BCUT2D eigenvalue weighted by molar-refractivity contribution is 5.98. The molecule has 2 amide bonds. The maximum atomic E-state index is 12.5. The van der Waals surface area contributed by atoms with Crippen LogP contribution >= 0.6 is 0 Å². The number of para-hydroxylation sites is 1. The van der Waals surface area contributed by atoms with Gasteiger partial charge >= 0.3 is 5.63 Å². The van der Waals surface area contributed by atoms with Crippen molar-refractivity contribution in [2.24, 2.45) is 0 Å². The Labute approximate surface area is 171 Å². The van der Waals surface area contributed by atoms with Gasteiger partial charge in [0.05, 0.1) is 5.56 Å². The predicted molar refractivity (Wildman–Crippen MR) is 107 cm³/mol. The fourth-order valence-corrected chi connectivity index (χ4v) is 2.88. The summed E-state index contributed by atoms with van der Waals surface area (Å²) in [6.45, 7) is 1.39. The molecule has 1 atom stereocenters. The summed E-state index contributed by atoms with van der Waals surface area (Å²) in [5.74, 6) is -2.30. The first-order chi connectivity index (χ1) is 14.3. The lowest BCUT2D eigenvalue weighted by atomic mass is 10.0. The molecule has 154 valence electrons. The van der Waals surface area contributed by atoms with Crippen LogP contribution in [0, 0.1) is 0 Å². The van der Waals surface area contributed by atoms with Crippen molar-refractivity contribution >= 4 is 28.8 Å². The zero-order chi connectivity index (χ0) is 21.7. The second-order valence-corrected chi connectivity index (χ2v) is 6.67. The summed E-state index contributed by atoms with van der Waals surface area (Å²) < 4.78 is 5.34. The number of carbonyl (C=O) groups excluding carboxylic acids is 3. The van der Waals surface area contributed by atoms with Gasteiger partial charge in [0, 0.05) is 29.9 Å². The summed E-state index contributed by atoms with van der Waals surface area (Å²) in [7, 11) is 0. The van der Waals surface area contributed by atoms with Crippen molar-refractivity contribution in [3.63, 3.8) is 0 Å². The van der Waals surface area contributed by atoms with Gasteiger partial charge in [0.15, 0.2) is 0 Å². The first kappa shape index (κ1) is 20.8. The fraction of sp³-hybridized carbons (Fsp3) is 0.182. The van der Waals surface area contributed by atoms with Crippen molar-refractivity contribution in [2.75, 3.05) is 6.54 Å². The van der Waals surface area contributed by atoms with Gasteiger partial charge < -0.3 is 25.0 Å². The van der Waals surface area contributed by atoms with Crippen LogP contribution in [0.5, 0.6) is 0 Å². The molecule has 1 aromatic heterocycles. The summed E-state index contributed by atoms with van der Waals surface area (Å²) in [5, 5.41) is 16.1. The molecule has 30 heavy (non-hydrogen) atoms. The molecule has 0 saturated heterocycles. The van der Waals surface area contributed by atoms with E-state index in [0.29, 0.717) is 16.7 Å². The van der Waals surface area contributed by atoms with E-state index in [4.69, 9.17) is 4.42 Å². The third-order valence-electron chi connectivity index (χ3n) is 4.45. The molecule has 0 radical (unpaired) electrons. The molecule has 8 heteroatoms. The summed E-state index contributed by atoms with van der Waals surface area (Å²) in [4.78, 5) is 47.2. The molecule has 0 aliphatic heterocycles. The minimum atomic E-state index is -1.28. The van der Waals surface area contributed by atoms with Gasteiger partial charge in [0.1, 0.15) is 11.6 Å². The van der Waals surface area contributed by atoms with E-state index >= 15 is 0 Å². The SMILES string of the molecule is CC(NC(=O)c1cccc(-c2cc3ccccc3oc2=O)c1)C(=O)NCCC(=O)[O-]. The third kappa shape index (κ3) is 4.91. The maximum Gasteiger partial charge on any atom is 0.344 e. The van der Waals surface area contributed by atoms with Crippen LogP contribution in [0.3, 0.4) is 0 Å². The van der Waals surface area contributed by atoms with Crippen molar-refractivity contribution in [3.05, 3.63) is 70.6 Å². The molecule has 2 N–H and O–H groups in total. The topological polar surface area (TPSA) is 129 Å². The lowest BCUT2D eigenvalue weighted by molar-refractivity contribution is -0.305. The average Bonchev–Trinajstić information content (AvgIpc) is 2.72. The van der Waals surface area contributed by atoms with E-state index in [-0.39, 0.29) is 18.5 Å². The zero-order valence-corrected chi connectivity index (χ0v) is 16.1. The van der Waals surface area contributed by atoms with E-state index in [1.165, 1.54) is 13.0 Å². The Morgan fingerprint density at radius 2 is 1.83 bits per heavy atom. The van der Waals surface area contributed by atoms with Gasteiger partial charge in [0.2, 0.25) is 5.91 Å². The molecule has 0 aliphatic carbocycles. The second kappa shape index (κ2) is 9.04. The Balaban J connectivity index is 1.76. The third-order valence-corrected chi connectivity index (χ3v) is 4.45. The number of aliphatic carboxylic acids is 1. The normalized spacial score (nSPS) is 11.6. The highest BCUT2D eigenvalue weighted by atomic mass is 16.4. The van der Waals surface area contributed by atoms with Crippen molar-refractivity contribution in [2.45, 2.75) is 19.4 Å². The first-order valence-corrected chi connectivity index (χ1v) is 9.27. The summed E-state index contributed by atoms with van der Waals surface area (Å²) in [5.41, 5.74) is 1.03. The number of carboxylic acid groups (broad SMARTS) is 1. The van der Waals surface area contributed by atoms with Crippen LogP contribution in [-0.4, -0.2) is 30.4 Å². The molecule has 0 saturated carbocycles. The minimum absolute atomic E-state index is 0.0887. The molecule has 2 aromatic carbocycles. The molecule has 0 bridgehead atoms. The number of rotatable bonds is 7. The Bertz CT molecular complexity index is 1170. The molecule has 3 rings (SSSR count). The van der Waals surface area contributed by atoms with E-state index < -0.39 is 29.5 Å². The van der Waals surface area contributed by atoms with Crippen LogP contribution in [0.2, 0.25) is 0 Å². The summed E-state index contributed by atoms with van der Waals surface area (Å²) in [6, 6.07) is 14.3. The van der Waals surface area contributed by atoms with Crippen LogP contribution in [0.4, 0.5) is 0 Å². The summed E-state index contributed by atoms with van der Waals surface area (Å²) >= 11 is 0. The molecular formula is C22H19N2O6-. The van der Waals surface area contributed by atoms with E-state index in [2.05, 4.69) is 10.6 Å². The van der Waals surface area contributed by atoms with Gasteiger partial charge in [-0.3, -0.25) is 9.59 Å². The van der Waals surface area contributed by atoms with Gasteiger partial charge in [-0.25, -0.2) is 4.79 Å². The Morgan fingerprint density at radius 1 is 1.07 bits per heavy atom. The average molecular weight is 407 g/mol. The van der Waals surface area contributed by atoms with Gasteiger partial charge in [-0.1, -0.05) is 30.3 Å². The molecule has 8 nitrogen and oxygen atoms in total. The van der Waals surface area contributed by atoms with Crippen molar-refractivity contribution in [1.29, 1.82) is 0 Å². The van der Waals surface area contributed by atoms with Crippen molar-refractivity contribution in [3.8, 4) is 11.1 Å². The lowest BCUT2D eigenvalue weighted by Crippen LogP contribution is -2.45. The Hall–Kier alpha value is -3.94. The van der Waals surface area contributed by atoms with Crippen LogP contribution in [-0.2, 0) is 9.59 Å². The number of hydrogen-bond acceptors (Lipinski definition) is 6. The predicted octanol–water partition coefficient (Wildman–Crippen LogP) is 0.834. The number of carbonyl (C=O) groups is 3. The lowest BCUT2D eigenvalue weighted by Gasteiger charge is -2.14. The largest absolute Gasteiger partial charge is 0.550 e. The van der Waals surface area contributed by atoms with Gasteiger partial charge in [-0.05, 0) is 36.8 Å². The van der Waals surface area contributed by atoms with E-state index in [1.807, 2.05) is 12.1 Å². The highest BCUT2D eigenvalue weighted by Crippen LogP contribution is 2.22. The molecule has 0 spiro atoms. The first-order valence-electron chi connectivity index (χ1n) is 9.27. The molecule has 3 aromatic rings. The van der Waals surface area contributed by atoms with Crippen LogP contribution in [0.1, 0.15) is 23.7 Å². The van der Waals surface area contributed by atoms with E-state index in [1.54, 1.807) is 36.4 Å². The van der Waals surface area contributed by atoms with Gasteiger partial charge in [-0.2, -0.15) is 0 Å². The second-order valence-electron chi connectivity index (χ2n) is 6.67. The maximum absolute atomic E-state index is 12.5. The van der Waals surface area contributed by atoms with E-state index in [9.17, 15) is 24.3 Å². The van der Waals surface area contributed by atoms with Crippen LogP contribution in [0.25, 0.3) is 22.1 Å². The van der Waals surface area contributed by atoms with E-state index in [0.717, 1.165) is 5.39 Å². The number of hydrogen-bond donors (Lipinski definition) is 2. The van der Waals surface area contributed by atoms with Crippen LogP contribution < -0.4 is 21.4 Å². The van der Waals surface area contributed by atoms with Crippen molar-refractivity contribution < 1.29 is 23.9 Å². The summed E-state index contributed by atoms with van der Waals surface area (Å²) in [6.07, 6.45) is -0.317. The molecule has 0 aliphatic rings. The molecular weight excluding hydrogens is 388 g/mol.